The summed E-state index contributed by atoms with van der Waals surface area (Å²) in [6, 6.07) is 21.9. The van der Waals surface area contributed by atoms with Gasteiger partial charge in [0, 0.05) is 0 Å². The van der Waals surface area contributed by atoms with E-state index in [0.29, 0.717) is 13.2 Å². The van der Waals surface area contributed by atoms with E-state index in [9.17, 15) is 4.79 Å². The van der Waals surface area contributed by atoms with Crippen molar-refractivity contribution >= 4 is 23.1 Å². The molecule has 0 saturated carbocycles. The van der Waals surface area contributed by atoms with Gasteiger partial charge in [-0.15, -0.1) is 0 Å². The Kier molecular flexibility index (Phi) is 5.83. The maximum Gasteiger partial charge on any atom is 0.427 e. The van der Waals surface area contributed by atoms with Crippen LogP contribution < -0.4 is 10.2 Å². The van der Waals surface area contributed by atoms with Crippen LogP contribution in [-0.2, 0) is 11.3 Å². The third kappa shape index (κ3) is 4.60. The second-order valence-corrected chi connectivity index (χ2v) is 5.59. The highest BCUT2D eigenvalue weighted by atomic mass is 16.5. The predicted octanol–water partition coefficient (Wildman–Crippen LogP) is 4.50. The topological polar surface area (TPSA) is 59.9 Å². The fourth-order valence-corrected chi connectivity index (χ4v) is 2.59. The summed E-state index contributed by atoms with van der Waals surface area (Å²) in [6.07, 6.45) is 0.967. The van der Waals surface area contributed by atoms with E-state index in [1.807, 2.05) is 42.5 Å². The van der Waals surface area contributed by atoms with Crippen LogP contribution in [0, 0.1) is 0 Å². The largest absolute Gasteiger partial charge is 0.489 e. The Morgan fingerprint density at radius 2 is 1.88 bits per heavy atom. The molecule has 0 radical (unpaired) electrons. The molecule has 3 aromatic carbocycles. The SMILES string of the molecule is CCOC(=O)N/N=C\c1cccc(OCc2cccc3ccccc23)c1. The molecule has 0 aliphatic carbocycles. The van der Waals surface area contributed by atoms with Gasteiger partial charge in [0.05, 0.1) is 12.8 Å². The second kappa shape index (κ2) is 8.67. The molecule has 26 heavy (non-hydrogen) atoms. The number of ether oxygens (including phenoxy) is 2. The average Bonchev–Trinajstić information content (AvgIpc) is 2.67. The Labute approximate surface area is 152 Å². The maximum absolute atomic E-state index is 11.2. The lowest BCUT2D eigenvalue weighted by Gasteiger charge is -2.09. The summed E-state index contributed by atoms with van der Waals surface area (Å²) in [5.74, 6) is 0.734. The van der Waals surface area contributed by atoms with Crippen LogP contribution in [-0.4, -0.2) is 18.9 Å². The number of amides is 1. The molecule has 0 aliphatic rings. The first-order valence-electron chi connectivity index (χ1n) is 8.41. The molecule has 1 amide bonds. The molecule has 0 fully saturated rings. The lowest BCUT2D eigenvalue weighted by atomic mass is 10.1. The quantitative estimate of drug-likeness (QED) is 0.527. The highest BCUT2D eigenvalue weighted by Gasteiger charge is 2.02. The first-order chi connectivity index (χ1) is 12.8. The standard InChI is InChI=1S/C21H20N2O3/c1-2-25-21(24)23-22-14-16-7-5-11-19(13-16)26-15-18-10-6-9-17-8-3-4-12-20(17)18/h3-14H,2,15H2,1H3,(H,23,24)/b22-14-. The van der Waals surface area contributed by atoms with Gasteiger partial charge in [-0.2, -0.15) is 5.10 Å². The molecule has 3 rings (SSSR count). The zero-order valence-electron chi connectivity index (χ0n) is 14.5. The van der Waals surface area contributed by atoms with E-state index in [-0.39, 0.29) is 0 Å². The normalized spacial score (nSPS) is 10.8. The van der Waals surface area contributed by atoms with E-state index in [4.69, 9.17) is 9.47 Å². The van der Waals surface area contributed by atoms with Gasteiger partial charge in [-0.1, -0.05) is 54.6 Å². The molecule has 5 nitrogen and oxygen atoms in total. The minimum atomic E-state index is -0.577. The number of fused-ring (bicyclic) bond motifs is 1. The van der Waals surface area contributed by atoms with Gasteiger partial charge in [-0.3, -0.25) is 0 Å². The predicted molar refractivity (Wildman–Crippen MR) is 102 cm³/mol. The fraction of sp³-hybridized carbons (Fsp3) is 0.143. The molecule has 0 spiro atoms. The van der Waals surface area contributed by atoms with E-state index in [1.54, 1.807) is 13.1 Å². The van der Waals surface area contributed by atoms with Crippen molar-refractivity contribution in [2.75, 3.05) is 6.61 Å². The average molecular weight is 348 g/mol. The van der Waals surface area contributed by atoms with Gasteiger partial charge >= 0.3 is 6.09 Å². The van der Waals surface area contributed by atoms with E-state index < -0.39 is 6.09 Å². The molecule has 0 aliphatic heterocycles. The minimum Gasteiger partial charge on any atom is -0.489 e. The minimum absolute atomic E-state index is 0.304. The summed E-state index contributed by atoms with van der Waals surface area (Å²) in [7, 11) is 0. The van der Waals surface area contributed by atoms with Crippen LogP contribution in [0.2, 0.25) is 0 Å². The van der Waals surface area contributed by atoms with Crippen molar-refractivity contribution in [3.8, 4) is 5.75 Å². The van der Waals surface area contributed by atoms with Gasteiger partial charge in [-0.25, -0.2) is 10.2 Å². The molecule has 0 saturated heterocycles. The Morgan fingerprint density at radius 3 is 2.77 bits per heavy atom. The van der Waals surface area contributed by atoms with E-state index in [0.717, 1.165) is 16.9 Å². The highest BCUT2D eigenvalue weighted by Crippen LogP contribution is 2.21. The van der Waals surface area contributed by atoms with Crippen LogP contribution in [0.4, 0.5) is 4.79 Å². The zero-order chi connectivity index (χ0) is 18.2. The Balaban J connectivity index is 1.65. The summed E-state index contributed by atoms with van der Waals surface area (Å²) >= 11 is 0. The van der Waals surface area contributed by atoms with Crippen molar-refractivity contribution in [2.24, 2.45) is 5.10 Å². The number of rotatable bonds is 6. The van der Waals surface area contributed by atoms with Crippen molar-refractivity contribution in [1.29, 1.82) is 0 Å². The van der Waals surface area contributed by atoms with Crippen molar-refractivity contribution < 1.29 is 14.3 Å². The monoisotopic (exact) mass is 348 g/mol. The zero-order valence-corrected chi connectivity index (χ0v) is 14.5. The summed E-state index contributed by atoms with van der Waals surface area (Å²) in [4.78, 5) is 11.2. The van der Waals surface area contributed by atoms with Crippen LogP contribution in [0.5, 0.6) is 5.75 Å². The first-order valence-corrected chi connectivity index (χ1v) is 8.41. The third-order valence-electron chi connectivity index (χ3n) is 3.78. The fourth-order valence-electron chi connectivity index (χ4n) is 2.59. The van der Waals surface area contributed by atoms with E-state index >= 15 is 0 Å². The molecule has 3 aromatic rings. The molecular weight excluding hydrogens is 328 g/mol. The third-order valence-corrected chi connectivity index (χ3v) is 3.78. The molecule has 0 heterocycles. The van der Waals surface area contributed by atoms with Crippen LogP contribution in [0.15, 0.2) is 71.8 Å². The second-order valence-electron chi connectivity index (χ2n) is 5.59. The van der Waals surface area contributed by atoms with Gasteiger partial charge in [0.15, 0.2) is 0 Å². The molecule has 0 unspecified atom stereocenters. The Bertz CT molecular complexity index is 917. The lowest BCUT2D eigenvalue weighted by molar-refractivity contribution is 0.152. The summed E-state index contributed by atoms with van der Waals surface area (Å²) in [5.41, 5.74) is 4.24. The Morgan fingerprint density at radius 1 is 1.08 bits per heavy atom. The van der Waals surface area contributed by atoms with Crippen LogP contribution in [0.3, 0.4) is 0 Å². The number of benzene rings is 3. The van der Waals surface area contributed by atoms with E-state index in [1.165, 1.54) is 10.8 Å². The lowest BCUT2D eigenvalue weighted by Crippen LogP contribution is -2.18. The molecule has 5 heteroatoms. The molecule has 132 valence electrons. The maximum atomic E-state index is 11.2. The van der Waals surface area contributed by atoms with Gasteiger partial charge < -0.3 is 9.47 Å². The summed E-state index contributed by atoms with van der Waals surface area (Å²) in [6.45, 7) is 2.52. The number of hydrazone groups is 1. The molecule has 0 aromatic heterocycles. The first kappa shape index (κ1) is 17.5. The van der Waals surface area contributed by atoms with Gasteiger partial charge in [0.25, 0.3) is 0 Å². The van der Waals surface area contributed by atoms with Crippen LogP contribution >= 0.6 is 0 Å². The van der Waals surface area contributed by atoms with E-state index in [2.05, 4.69) is 34.8 Å². The number of hydrogen-bond donors (Lipinski definition) is 1. The smallest absolute Gasteiger partial charge is 0.427 e. The van der Waals surface area contributed by atoms with Crippen LogP contribution in [0.25, 0.3) is 10.8 Å². The van der Waals surface area contributed by atoms with Gasteiger partial charge in [-0.05, 0) is 41.0 Å². The Hall–Kier alpha value is -3.34. The van der Waals surface area contributed by atoms with Gasteiger partial charge in [0.2, 0.25) is 0 Å². The molecule has 0 atom stereocenters. The van der Waals surface area contributed by atoms with Crippen molar-refractivity contribution in [2.45, 2.75) is 13.5 Å². The molecule has 1 N–H and O–H groups in total. The van der Waals surface area contributed by atoms with Crippen molar-refractivity contribution in [1.82, 2.24) is 5.43 Å². The number of nitrogens with one attached hydrogen (secondary N) is 1. The number of carbonyl (C=O) groups is 1. The number of nitrogens with zero attached hydrogens (tertiary/aromatic N) is 1. The highest BCUT2D eigenvalue weighted by molar-refractivity contribution is 5.85. The summed E-state index contributed by atoms with van der Waals surface area (Å²) < 4.78 is 10.7. The van der Waals surface area contributed by atoms with Gasteiger partial charge in [0.1, 0.15) is 12.4 Å². The van der Waals surface area contributed by atoms with Crippen molar-refractivity contribution in [3.63, 3.8) is 0 Å². The van der Waals surface area contributed by atoms with Crippen molar-refractivity contribution in [3.05, 3.63) is 77.9 Å². The van der Waals surface area contributed by atoms with Crippen LogP contribution in [0.1, 0.15) is 18.1 Å². The molecule has 0 bridgehead atoms. The number of hydrogen-bond acceptors (Lipinski definition) is 4. The molecular formula is C21H20N2O3. The summed E-state index contributed by atoms with van der Waals surface area (Å²) in [5, 5.41) is 6.24. The number of carbonyl (C=O) groups excluding carboxylic acids is 1.